The van der Waals surface area contributed by atoms with Crippen molar-refractivity contribution in [1.82, 2.24) is 5.32 Å². The van der Waals surface area contributed by atoms with Crippen molar-refractivity contribution < 1.29 is 42.9 Å². The van der Waals surface area contributed by atoms with Gasteiger partial charge >= 0.3 is 18.0 Å². The van der Waals surface area contributed by atoms with Crippen LogP contribution in [0.25, 0.3) is 0 Å². The Morgan fingerprint density at radius 3 is 2.24 bits per heavy atom. The number of ether oxygens (including phenoxy) is 5. The first-order valence-electron chi connectivity index (χ1n) is 10.4. The molecule has 0 aromatic heterocycles. The van der Waals surface area contributed by atoms with Gasteiger partial charge in [-0.2, -0.15) is 5.26 Å². The van der Waals surface area contributed by atoms with Crippen LogP contribution in [0.2, 0.25) is 0 Å². The molecule has 0 aliphatic heterocycles. The van der Waals surface area contributed by atoms with E-state index in [-0.39, 0.29) is 32.8 Å². The van der Waals surface area contributed by atoms with Crippen LogP contribution in [-0.2, 0) is 38.1 Å². The minimum absolute atomic E-state index is 0.0601. The smallest absolute Gasteiger partial charge is 0.407 e. The first-order valence-corrected chi connectivity index (χ1v) is 10.4. The highest BCUT2D eigenvalue weighted by Crippen LogP contribution is 2.07. The number of amides is 1. The van der Waals surface area contributed by atoms with Gasteiger partial charge in [0, 0.05) is 19.7 Å². The van der Waals surface area contributed by atoms with Crippen molar-refractivity contribution in [2.24, 2.45) is 0 Å². The van der Waals surface area contributed by atoms with E-state index in [1.165, 1.54) is 19.4 Å². The number of rotatable bonds is 15. The van der Waals surface area contributed by atoms with Crippen LogP contribution in [0.3, 0.4) is 0 Å². The molecule has 33 heavy (non-hydrogen) atoms. The molecule has 1 amide bonds. The zero-order chi connectivity index (χ0) is 25.9. The number of unbranched alkanes of at least 4 members (excludes halogenated alkanes) is 1. The SMILES string of the molecule is C=CC(=O)OCC(COC)OC(=O)NCCCCC(OC#N)C(=O)OCC.C=CC=O.CC. The fraction of sp³-hybridized carbons (Fsp3) is 0.591. The van der Waals surface area contributed by atoms with E-state index < -0.39 is 30.2 Å². The molecule has 0 saturated carbocycles. The maximum absolute atomic E-state index is 11.7. The third kappa shape index (κ3) is 23.1. The Bertz CT molecular complexity index is 597. The fourth-order valence-corrected chi connectivity index (χ4v) is 1.90. The second-order valence-electron chi connectivity index (χ2n) is 5.56. The number of alkyl carbamates (subject to hydrolysis) is 1. The van der Waals surface area contributed by atoms with Gasteiger partial charge in [-0.15, -0.1) is 0 Å². The summed E-state index contributed by atoms with van der Waals surface area (Å²) in [5, 5.41) is 11.1. The lowest BCUT2D eigenvalue weighted by Crippen LogP contribution is -2.35. The number of carbonyl (C=O) groups excluding carboxylic acids is 4. The summed E-state index contributed by atoms with van der Waals surface area (Å²) in [5.41, 5.74) is 0. The number of nitriles is 1. The molecule has 0 bridgehead atoms. The molecule has 0 rings (SSSR count). The molecular formula is C22H36N2O9. The number of allylic oxidation sites excluding steroid dienone is 1. The van der Waals surface area contributed by atoms with Crippen molar-refractivity contribution in [2.45, 2.75) is 52.2 Å². The van der Waals surface area contributed by atoms with Gasteiger partial charge in [-0.25, -0.2) is 14.4 Å². The van der Waals surface area contributed by atoms with E-state index >= 15 is 0 Å². The zero-order valence-corrected chi connectivity index (χ0v) is 19.9. The topological polar surface area (TPSA) is 150 Å². The number of hydrogen-bond donors (Lipinski definition) is 1. The molecule has 0 aliphatic rings. The Kier molecular flexibility index (Phi) is 27.6. The Labute approximate surface area is 195 Å². The van der Waals surface area contributed by atoms with Crippen LogP contribution in [0, 0.1) is 11.5 Å². The lowest BCUT2D eigenvalue weighted by atomic mass is 10.1. The highest BCUT2D eigenvalue weighted by Gasteiger charge is 2.21. The summed E-state index contributed by atoms with van der Waals surface area (Å²) in [6.45, 7) is 12.4. The van der Waals surface area contributed by atoms with Crippen molar-refractivity contribution in [1.29, 1.82) is 5.26 Å². The molecule has 11 nitrogen and oxygen atoms in total. The molecule has 0 radical (unpaired) electrons. The van der Waals surface area contributed by atoms with Gasteiger partial charge in [0.1, 0.15) is 12.9 Å². The summed E-state index contributed by atoms with van der Waals surface area (Å²) in [4.78, 5) is 43.4. The third-order valence-electron chi connectivity index (χ3n) is 3.21. The lowest BCUT2D eigenvalue weighted by molar-refractivity contribution is -0.153. The maximum Gasteiger partial charge on any atom is 0.407 e. The fourth-order valence-electron chi connectivity index (χ4n) is 1.90. The number of carbonyl (C=O) groups is 4. The number of nitrogens with one attached hydrogen (secondary N) is 1. The average Bonchev–Trinajstić information content (AvgIpc) is 2.83. The van der Waals surface area contributed by atoms with Gasteiger partial charge in [0.25, 0.3) is 6.26 Å². The van der Waals surface area contributed by atoms with E-state index in [1.54, 1.807) is 6.92 Å². The first-order chi connectivity index (χ1) is 15.9. The van der Waals surface area contributed by atoms with Gasteiger partial charge in [0.15, 0.2) is 6.10 Å². The molecule has 0 aromatic carbocycles. The van der Waals surface area contributed by atoms with Crippen LogP contribution >= 0.6 is 0 Å². The minimum atomic E-state index is -0.951. The summed E-state index contributed by atoms with van der Waals surface area (Å²) in [6, 6.07) is 0. The van der Waals surface area contributed by atoms with Crippen LogP contribution in [-0.4, -0.2) is 70.0 Å². The standard InChI is InChI=1S/C17H26N2O8.C3H4O.C2H6/c1-4-15(20)25-11-13(10-23-3)27-17(22)19-9-7-6-8-14(26-12-18)16(21)24-5-2;1-2-3-4;1-2/h4,13-14H,1,5-11H2,2-3H3,(H,19,22);2-3H,1H2;1-2H3. The Hall–Kier alpha value is -3.39. The predicted octanol–water partition coefficient (Wildman–Crippen LogP) is 2.45. The quantitative estimate of drug-likeness (QED) is 0.0940. The predicted molar refractivity (Wildman–Crippen MR) is 120 cm³/mol. The summed E-state index contributed by atoms with van der Waals surface area (Å²) in [6.07, 6.45) is 3.25. The van der Waals surface area contributed by atoms with Crippen LogP contribution in [0.15, 0.2) is 25.3 Å². The number of esters is 2. The monoisotopic (exact) mass is 472 g/mol. The molecule has 0 saturated heterocycles. The number of methoxy groups -OCH3 is 1. The number of aldehydes is 1. The Morgan fingerprint density at radius 1 is 1.12 bits per heavy atom. The van der Waals surface area contributed by atoms with E-state index in [1.807, 2.05) is 13.8 Å². The largest absolute Gasteiger partial charge is 0.463 e. The normalized spacial score (nSPS) is 10.6. The van der Waals surface area contributed by atoms with Crippen molar-refractivity contribution in [2.75, 3.05) is 33.5 Å². The molecule has 2 atom stereocenters. The molecule has 11 heteroatoms. The first kappa shape index (κ1) is 34.2. The van der Waals surface area contributed by atoms with Crippen LogP contribution in [0.1, 0.15) is 40.0 Å². The van der Waals surface area contributed by atoms with Gasteiger partial charge in [0.2, 0.25) is 6.10 Å². The highest BCUT2D eigenvalue weighted by molar-refractivity contribution is 5.81. The molecule has 0 heterocycles. The molecular weight excluding hydrogens is 436 g/mol. The van der Waals surface area contributed by atoms with E-state index in [2.05, 4.69) is 23.2 Å². The van der Waals surface area contributed by atoms with Crippen molar-refractivity contribution in [3.63, 3.8) is 0 Å². The maximum atomic E-state index is 11.7. The van der Waals surface area contributed by atoms with E-state index in [9.17, 15) is 14.4 Å². The van der Waals surface area contributed by atoms with Gasteiger partial charge in [0.05, 0.1) is 13.2 Å². The van der Waals surface area contributed by atoms with Crippen LogP contribution < -0.4 is 5.32 Å². The summed E-state index contributed by atoms with van der Waals surface area (Å²) < 4.78 is 24.3. The van der Waals surface area contributed by atoms with Crippen molar-refractivity contribution in [3.05, 3.63) is 25.3 Å². The van der Waals surface area contributed by atoms with Gasteiger partial charge in [-0.05, 0) is 32.3 Å². The van der Waals surface area contributed by atoms with E-state index in [4.69, 9.17) is 29.0 Å². The Morgan fingerprint density at radius 2 is 1.76 bits per heavy atom. The second-order valence-corrected chi connectivity index (χ2v) is 5.56. The van der Waals surface area contributed by atoms with E-state index in [0.717, 1.165) is 6.08 Å². The lowest BCUT2D eigenvalue weighted by Gasteiger charge is -2.17. The summed E-state index contributed by atoms with van der Waals surface area (Å²) >= 11 is 0. The van der Waals surface area contributed by atoms with Crippen molar-refractivity contribution in [3.8, 4) is 6.26 Å². The highest BCUT2D eigenvalue weighted by atomic mass is 16.6. The van der Waals surface area contributed by atoms with E-state index in [0.29, 0.717) is 19.1 Å². The molecule has 0 fully saturated rings. The molecule has 0 spiro atoms. The molecule has 188 valence electrons. The summed E-state index contributed by atoms with van der Waals surface area (Å²) in [5.74, 6) is -1.22. The second kappa shape index (κ2) is 26.6. The number of hydrogen-bond acceptors (Lipinski definition) is 10. The van der Waals surface area contributed by atoms with Gasteiger partial charge in [-0.1, -0.05) is 27.0 Å². The average molecular weight is 473 g/mol. The molecule has 0 aliphatic carbocycles. The number of nitrogens with zero attached hydrogens (tertiary/aromatic N) is 1. The van der Waals surface area contributed by atoms with Gasteiger partial charge < -0.3 is 29.0 Å². The zero-order valence-electron chi connectivity index (χ0n) is 19.9. The molecule has 0 aromatic rings. The Balaban J connectivity index is -0.00000134. The van der Waals surface area contributed by atoms with Crippen LogP contribution in [0.4, 0.5) is 4.79 Å². The molecule has 1 N–H and O–H groups in total. The van der Waals surface area contributed by atoms with Crippen molar-refractivity contribution >= 4 is 24.3 Å². The van der Waals surface area contributed by atoms with Crippen LogP contribution in [0.5, 0.6) is 0 Å². The minimum Gasteiger partial charge on any atom is -0.463 e. The third-order valence-corrected chi connectivity index (χ3v) is 3.21. The summed E-state index contributed by atoms with van der Waals surface area (Å²) in [7, 11) is 1.42. The molecule has 2 unspecified atom stereocenters. The van der Waals surface area contributed by atoms with Gasteiger partial charge in [-0.3, -0.25) is 4.79 Å².